The maximum absolute atomic E-state index is 9.27. The molecule has 0 aliphatic carbocycles. The Bertz CT molecular complexity index is 131. The van der Waals surface area contributed by atoms with E-state index < -0.39 is 23.9 Å². The average molecular weight is 205 g/mol. The number of rotatable bonds is 6. The highest BCUT2D eigenvalue weighted by Crippen LogP contribution is 2.22. The number of aliphatic hydroxyl groups is 3. The van der Waals surface area contributed by atoms with Crippen molar-refractivity contribution in [3.05, 3.63) is 0 Å². The Hall–Kier alpha value is -0.160. The first-order valence-electron chi connectivity index (χ1n) is 5.08. The van der Waals surface area contributed by atoms with Gasteiger partial charge >= 0.3 is 0 Å². The molecule has 0 rings (SSSR count). The van der Waals surface area contributed by atoms with Gasteiger partial charge in [0, 0.05) is 5.54 Å². The predicted octanol–water partition coefficient (Wildman–Crippen LogP) is -0.00340. The Labute approximate surface area is 85.7 Å². The molecule has 0 heterocycles. The second-order valence-corrected chi connectivity index (χ2v) is 4.52. The van der Waals surface area contributed by atoms with Crippen molar-refractivity contribution >= 4 is 0 Å². The molecule has 0 amide bonds. The molecule has 0 aromatic carbocycles. The summed E-state index contributed by atoms with van der Waals surface area (Å²) in [7, 11) is 0. The molecule has 0 radical (unpaired) electrons. The highest BCUT2D eigenvalue weighted by molar-refractivity contribution is 4.88. The number of nitrogens with two attached hydrogens (primary N) is 1. The third kappa shape index (κ3) is 6.32. The van der Waals surface area contributed by atoms with Crippen molar-refractivity contribution in [1.29, 1.82) is 0 Å². The van der Waals surface area contributed by atoms with Gasteiger partial charge in [0.2, 0.25) is 0 Å². The zero-order valence-corrected chi connectivity index (χ0v) is 9.27. The van der Waals surface area contributed by atoms with Gasteiger partial charge in [0.25, 0.3) is 0 Å². The van der Waals surface area contributed by atoms with Crippen molar-refractivity contribution in [1.82, 2.24) is 0 Å². The van der Waals surface area contributed by atoms with Gasteiger partial charge in [-0.3, -0.25) is 0 Å². The van der Waals surface area contributed by atoms with Crippen LogP contribution in [0.25, 0.3) is 0 Å². The minimum atomic E-state index is -0.684. The molecule has 3 atom stereocenters. The summed E-state index contributed by atoms with van der Waals surface area (Å²) in [6.07, 6.45) is -0.374. The van der Waals surface area contributed by atoms with Crippen LogP contribution in [0, 0.1) is 0 Å². The van der Waals surface area contributed by atoms with Crippen LogP contribution in [0.3, 0.4) is 0 Å². The van der Waals surface area contributed by atoms with Crippen molar-refractivity contribution < 1.29 is 15.3 Å². The summed E-state index contributed by atoms with van der Waals surface area (Å²) in [4.78, 5) is 0. The largest absolute Gasteiger partial charge is 0.393 e. The lowest BCUT2D eigenvalue weighted by atomic mass is 9.83. The summed E-state index contributed by atoms with van der Waals surface area (Å²) >= 11 is 0. The van der Waals surface area contributed by atoms with E-state index in [1.807, 2.05) is 0 Å². The lowest BCUT2D eigenvalue weighted by Gasteiger charge is -2.33. The maximum atomic E-state index is 9.27. The van der Waals surface area contributed by atoms with Crippen LogP contribution in [-0.4, -0.2) is 39.2 Å². The molecule has 0 saturated carbocycles. The molecule has 4 heteroatoms. The van der Waals surface area contributed by atoms with Crippen LogP contribution < -0.4 is 5.73 Å². The standard InChI is InChI=1S/C10H23NO3/c1-7(12)4-10(11,5-8(2)13)6-9(3)14/h7-9,12-14H,4-6,11H2,1-3H3. The fourth-order valence-corrected chi connectivity index (χ4v) is 2.01. The number of hydrogen-bond donors (Lipinski definition) is 4. The van der Waals surface area contributed by atoms with Gasteiger partial charge in [-0.05, 0) is 40.0 Å². The molecule has 86 valence electrons. The van der Waals surface area contributed by atoms with Gasteiger partial charge < -0.3 is 21.1 Å². The third-order valence-corrected chi connectivity index (χ3v) is 2.11. The van der Waals surface area contributed by atoms with E-state index in [0.29, 0.717) is 19.3 Å². The van der Waals surface area contributed by atoms with Crippen molar-refractivity contribution in [3.8, 4) is 0 Å². The van der Waals surface area contributed by atoms with Crippen LogP contribution in [0.2, 0.25) is 0 Å². The molecule has 5 N–H and O–H groups in total. The first kappa shape index (κ1) is 13.8. The van der Waals surface area contributed by atoms with E-state index in [-0.39, 0.29) is 0 Å². The van der Waals surface area contributed by atoms with E-state index in [9.17, 15) is 15.3 Å². The second kappa shape index (κ2) is 5.66. The SMILES string of the molecule is CC(O)CC(N)(CC(C)O)CC(C)O. The smallest absolute Gasteiger partial charge is 0.0529 e. The molecule has 0 fully saturated rings. The van der Waals surface area contributed by atoms with Gasteiger partial charge in [-0.2, -0.15) is 0 Å². The van der Waals surface area contributed by atoms with Crippen molar-refractivity contribution in [3.63, 3.8) is 0 Å². The molecule has 3 unspecified atom stereocenters. The highest BCUT2D eigenvalue weighted by Gasteiger charge is 2.29. The fraction of sp³-hybridized carbons (Fsp3) is 1.00. The van der Waals surface area contributed by atoms with Gasteiger partial charge in [0.1, 0.15) is 0 Å². The fourth-order valence-electron chi connectivity index (χ4n) is 2.01. The molecule has 4 nitrogen and oxygen atoms in total. The van der Waals surface area contributed by atoms with Crippen LogP contribution in [0.4, 0.5) is 0 Å². The molecule has 0 aliphatic heterocycles. The Morgan fingerprint density at radius 3 is 1.21 bits per heavy atom. The second-order valence-electron chi connectivity index (χ2n) is 4.52. The zero-order valence-electron chi connectivity index (χ0n) is 9.27. The van der Waals surface area contributed by atoms with Gasteiger partial charge in [-0.15, -0.1) is 0 Å². The lowest BCUT2D eigenvalue weighted by Crippen LogP contribution is -2.47. The Morgan fingerprint density at radius 1 is 0.857 bits per heavy atom. The predicted molar refractivity (Wildman–Crippen MR) is 55.8 cm³/mol. The molecular formula is C10H23NO3. The van der Waals surface area contributed by atoms with Gasteiger partial charge in [-0.25, -0.2) is 0 Å². The van der Waals surface area contributed by atoms with Crippen molar-refractivity contribution in [2.45, 2.75) is 63.9 Å². The lowest BCUT2D eigenvalue weighted by molar-refractivity contribution is 0.0702. The monoisotopic (exact) mass is 205 g/mol. The Balaban J connectivity index is 4.32. The van der Waals surface area contributed by atoms with Crippen LogP contribution in [-0.2, 0) is 0 Å². The molecule has 0 aliphatic rings. The van der Waals surface area contributed by atoms with E-state index in [0.717, 1.165) is 0 Å². The summed E-state index contributed by atoms with van der Waals surface area (Å²) in [6.45, 7) is 4.98. The molecule has 0 aromatic rings. The molecule has 0 aromatic heterocycles. The van der Waals surface area contributed by atoms with E-state index in [1.54, 1.807) is 20.8 Å². The minimum absolute atomic E-state index is 0.392. The Morgan fingerprint density at radius 2 is 1.07 bits per heavy atom. The normalized spacial score (nSPS) is 22.5. The van der Waals surface area contributed by atoms with Gasteiger partial charge in [-0.1, -0.05) is 0 Å². The minimum Gasteiger partial charge on any atom is -0.393 e. The van der Waals surface area contributed by atoms with Gasteiger partial charge in [0.05, 0.1) is 18.3 Å². The topological polar surface area (TPSA) is 86.7 Å². The van der Waals surface area contributed by atoms with Crippen molar-refractivity contribution in [2.75, 3.05) is 0 Å². The summed E-state index contributed by atoms with van der Waals surface area (Å²) < 4.78 is 0. The van der Waals surface area contributed by atoms with E-state index in [1.165, 1.54) is 0 Å². The average Bonchev–Trinajstić information content (AvgIpc) is 1.76. The van der Waals surface area contributed by atoms with E-state index in [4.69, 9.17) is 5.73 Å². The number of aliphatic hydroxyl groups excluding tert-OH is 3. The van der Waals surface area contributed by atoms with Crippen molar-refractivity contribution in [2.24, 2.45) is 5.73 Å². The summed E-state index contributed by atoms with van der Waals surface area (Å²) in [5.41, 5.74) is 5.34. The summed E-state index contributed by atoms with van der Waals surface area (Å²) in [6, 6.07) is 0. The molecule has 0 saturated heterocycles. The maximum Gasteiger partial charge on any atom is 0.0529 e. The molecular weight excluding hydrogens is 182 g/mol. The van der Waals surface area contributed by atoms with Crippen LogP contribution in [0.5, 0.6) is 0 Å². The van der Waals surface area contributed by atoms with Gasteiger partial charge in [0.15, 0.2) is 0 Å². The van der Waals surface area contributed by atoms with Crippen LogP contribution in [0.1, 0.15) is 40.0 Å². The molecule has 0 bridgehead atoms. The summed E-state index contributed by atoms with van der Waals surface area (Å²) in [5.74, 6) is 0. The highest BCUT2D eigenvalue weighted by atomic mass is 16.3. The molecule has 14 heavy (non-hydrogen) atoms. The first-order valence-corrected chi connectivity index (χ1v) is 5.08. The van der Waals surface area contributed by atoms with Crippen LogP contribution in [0.15, 0.2) is 0 Å². The first-order chi connectivity index (χ1) is 6.25. The van der Waals surface area contributed by atoms with E-state index >= 15 is 0 Å². The van der Waals surface area contributed by atoms with E-state index in [2.05, 4.69) is 0 Å². The Kier molecular flexibility index (Phi) is 5.59. The third-order valence-electron chi connectivity index (χ3n) is 2.11. The van der Waals surface area contributed by atoms with Crippen LogP contribution >= 0.6 is 0 Å². The summed E-state index contributed by atoms with van der Waals surface area (Å²) in [5, 5.41) is 27.8. The number of hydrogen-bond acceptors (Lipinski definition) is 4. The quantitative estimate of drug-likeness (QED) is 0.491. The molecule has 0 spiro atoms. The zero-order chi connectivity index (χ0) is 11.4.